The van der Waals surface area contributed by atoms with Crippen molar-refractivity contribution in [2.45, 2.75) is 51.6 Å². The van der Waals surface area contributed by atoms with E-state index in [1.165, 1.54) is 16.6 Å². The van der Waals surface area contributed by atoms with E-state index in [0.29, 0.717) is 33.2 Å². The van der Waals surface area contributed by atoms with E-state index in [4.69, 9.17) is 4.42 Å². The van der Waals surface area contributed by atoms with Crippen LogP contribution in [0.3, 0.4) is 0 Å². The second-order valence-electron chi connectivity index (χ2n) is 8.78. The molecular formula is C23H27N5O2S2. The first-order chi connectivity index (χ1) is 15.3. The third kappa shape index (κ3) is 4.34. The Kier molecular flexibility index (Phi) is 6.45. The van der Waals surface area contributed by atoms with Crippen LogP contribution in [0.15, 0.2) is 28.0 Å². The molecule has 7 nitrogen and oxygen atoms in total. The van der Waals surface area contributed by atoms with Crippen molar-refractivity contribution in [1.82, 2.24) is 14.8 Å². The number of furan rings is 1. The van der Waals surface area contributed by atoms with Gasteiger partial charge in [0.2, 0.25) is 5.91 Å². The van der Waals surface area contributed by atoms with Crippen LogP contribution in [0.1, 0.15) is 49.6 Å². The fraction of sp³-hybridized carbons (Fsp3) is 0.478. The molecule has 1 amide bonds. The van der Waals surface area contributed by atoms with Gasteiger partial charge in [-0.1, -0.05) is 39.0 Å². The Hall–Kier alpha value is -2.57. The summed E-state index contributed by atoms with van der Waals surface area (Å²) in [5, 5.41) is 22.3. The summed E-state index contributed by atoms with van der Waals surface area (Å²) in [6, 6.07) is 5.94. The van der Waals surface area contributed by atoms with E-state index >= 15 is 0 Å². The van der Waals surface area contributed by atoms with Crippen LogP contribution < -0.4 is 5.32 Å². The number of nitrogens with zero attached hydrogens (tertiary/aromatic N) is 4. The Balaban J connectivity index is 1.43. The third-order valence-corrected chi connectivity index (χ3v) is 8.75. The minimum absolute atomic E-state index is 0.155. The molecular weight excluding hydrogens is 442 g/mol. The number of fused-ring (bicyclic) bond motifs is 1. The molecule has 3 aromatic heterocycles. The zero-order chi connectivity index (χ0) is 22.9. The molecule has 1 N–H and O–H groups in total. The van der Waals surface area contributed by atoms with Crippen LogP contribution in [-0.2, 0) is 24.7 Å². The molecule has 1 aliphatic carbocycles. The Morgan fingerprint density at radius 2 is 2.28 bits per heavy atom. The number of anilines is 1. The summed E-state index contributed by atoms with van der Waals surface area (Å²) >= 11 is 2.87. The van der Waals surface area contributed by atoms with E-state index in [1.807, 2.05) is 13.1 Å². The lowest BCUT2D eigenvalue weighted by atomic mass is 9.69. The minimum Gasteiger partial charge on any atom is -0.461 e. The van der Waals surface area contributed by atoms with Gasteiger partial charge in [0.15, 0.2) is 16.7 Å². The highest BCUT2D eigenvalue weighted by molar-refractivity contribution is 7.99. The molecule has 3 aromatic rings. The van der Waals surface area contributed by atoms with Crippen molar-refractivity contribution >= 4 is 34.0 Å². The number of thioether (sulfide) groups is 1. The van der Waals surface area contributed by atoms with Crippen LogP contribution in [0.25, 0.3) is 11.6 Å². The van der Waals surface area contributed by atoms with Gasteiger partial charge in [0.25, 0.3) is 0 Å². The molecule has 1 atom stereocenters. The summed E-state index contributed by atoms with van der Waals surface area (Å²) < 4.78 is 7.18. The highest BCUT2D eigenvalue weighted by Crippen LogP contribution is 2.45. The Labute approximate surface area is 196 Å². The summed E-state index contributed by atoms with van der Waals surface area (Å²) in [6.45, 7) is 6.89. The molecule has 3 heterocycles. The van der Waals surface area contributed by atoms with Gasteiger partial charge in [-0.3, -0.25) is 4.79 Å². The smallest absolute Gasteiger partial charge is 0.235 e. The lowest BCUT2D eigenvalue weighted by Crippen LogP contribution is -2.28. The van der Waals surface area contributed by atoms with E-state index < -0.39 is 0 Å². The van der Waals surface area contributed by atoms with Gasteiger partial charge in [-0.15, -0.1) is 21.5 Å². The zero-order valence-electron chi connectivity index (χ0n) is 18.8. The summed E-state index contributed by atoms with van der Waals surface area (Å²) in [7, 11) is 1.84. The number of nitriles is 1. The fourth-order valence-electron chi connectivity index (χ4n) is 4.10. The normalized spacial score (nSPS) is 15.9. The number of thiophene rings is 1. The molecule has 0 saturated carbocycles. The number of hydrogen-bond acceptors (Lipinski definition) is 7. The summed E-state index contributed by atoms with van der Waals surface area (Å²) in [5.74, 6) is 1.87. The van der Waals surface area contributed by atoms with Gasteiger partial charge in [0.05, 0.1) is 17.6 Å². The maximum absolute atomic E-state index is 12.7. The molecule has 168 valence electrons. The van der Waals surface area contributed by atoms with E-state index in [-0.39, 0.29) is 17.1 Å². The molecule has 0 fully saturated rings. The largest absolute Gasteiger partial charge is 0.461 e. The lowest BCUT2D eigenvalue weighted by molar-refractivity contribution is -0.113. The highest BCUT2D eigenvalue weighted by Gasteiger charge is 2.34. The number of hydrogen-bond donors (Lipinski definition) is 1. The number of amides is 1. The second-order valence-corrected chi connectivity index (χ2v) is 10.8. The summed E-state index contributed by atoms with van der Waals surface area (Å²) in [5.41, 5.74) is 2.04. The average Bonchev–Trinajstić information content (AvgIpc) is 3.50. The molecule has 0 aliphatic heterocycles. The lowest BCUT2D eigenvalue weighted by Gasteiger charge is -2.36. The van der Waals surface area contributed by atoms with Gasteiger partial charge in [-0.2, -0.15) is 5.26 Å². The molecule has 0 radical (unpaired) electrons. The number of aromatic nitrogens is 3. The van der Waals surface area contributed by atoms with Crippen LogP contribution in [0.4, 0.5) is 5.00 Å². The van der Waals surface area contributed by atoms with Gasteiger partial charge >= 0.3 is 0 Å². The maximum Gasteiger partial charge on any atom is 0.235 e. The van der Waals surface area contributed by atoms with Crippen molar-refractivity contribution in [3.8, 4) is 17.7 Å². The van der Waals surface area contributed by atoms with Crippen molar-refractivity contribution in [1.29, 1.82) is 5.26 Å². The fourth-order valence-corrected chi connectivity index (χ4v) is 6.11. The first-order valence-electron chi connectivity index (χ1n) is 10.7. The minimum atomic E-state index is -0.155. The molecule has 9 heteroatoms. The molecule has 0 bridgehead atoms. The first-order valence-corrected chi connectivity index (χ1v) is 12.5. The number of nitrogens with one attached hydrogen (secondary N) is 1. The highest BCUT2D eigenvalue weighted by atomic mass is 32.2. The third-order valence-electron chi connectivity index (χ3n) is 6.56. The van der Waals surface area contributed by atoms with Crippen molar-refractivity contribution in [2.24, 2.45) is 18.4 Å². The van der Waals surface area contributed by atoms with Crippen LogP contribution in [0.2, 0.25) is 0 Å². The summed E-state index contributed by atoms with van der Waals surface area (Å²) in [4.78, 5) is 13.9. The van der Waals surface area contributed by atoms with Crippen LogP contribution in [-0.4, -0.2) is 26.4 Å². The quantitative estimate of drug-likeness (QED) is 0.473. The molecule has 1 aliphatic rings. The van der Waals surface area contributed by atoms with E-state index in [2.05, 4.69) is 42.4 Å². The molecule has 0 spiro atoms. The van der Waals surface area contributed by atoms with Crippen molar-refractivity contribution in [3.05, 3.63) is 34.4 Å². The van der Waals surface area contributed by atoms with E-state index in [9.17, 15) is 10.1 Å². The molecule has 1 unspecified atom stereocenters. The van der Waals surface area contributed by atoms with Crippen molar-refractivity contribution in [3.63, 3.8) is 0 Å². The Morgan fingerprint density at radius 3 is 2.97 bits per heavy atom. The molecule has 0 saturated heterocycles. The van der Waals surface area contributed by atoms with Gasteiger partial charge in [0, 0.05) is 11.9 Å². The number of rotatable bonds is 7. The van der Waals surface area contributed by atoms with Gasteiger partial charge in [-0.05, 0) is 48.3 Å². The number of carbonyl (C=O) groups excluding carboxylic acids is 1. The van der Waals surface area contributed by atoms with Gasteiger partial charge < -0.3 is 14.3 Å². The monoisotopic (exact) mass is 469 g/mol. The van der Waals surface area contributed by atoms with E-state index in [1.54, 1.807) is 28.2 Å². The van der Waals surface area contributed by atoms with E-state index in [0.717, 1.165) is 31.2 Å². The van der Waals surface area contributed by atoms with Gasteiger partial charge in [0.1, 0.15) is 11.1 Å². The van der Waals surface area contributed by atoms with Crippen molar-refractivity contribution in [2.75, 3.05) is 11.1 Å². The second kappa shape index (κ2) is 9.12. The maximum atomic E-state index is 12.7. The number of carbonyl (C=O) groups is 1. The van der Waals surface area contributed by atoms with Gasteiger partial charge in [-0.25, -0.2) is 0 Å². The Bertz CT molecular complexity index is 1150. The SMILES string of the molecule is CCC(C)(C)C1CCc2c(sc(NC(=O)CSc3nnc(-c4ccco4)n3C)c2C#N)C1. The van der Waals surface area contributed by atoms with Crippen molar-refractivity contribution < 1.29 is 9.21 Å². The zero-order valence-corrected chi connectivity index (χ0v) is 20.4. The Morgan fingerprint density at radius 1 is 1.47 bits per heavy atom. The standard InChI is InChI=1S/C23H27N5O2S2/c1-5-23(2,3)14-8-9-15-16(12-24)21(32-18(15)11-14)25-19(29)13-31-22-27-26-20(28(22)4)17-7-6-10-30-17/h6-7,10,14H,5,8-9,11,13H2,1-4H3,(H,25,29). The predicted molar refractivity (Wildman–Crippen MR) is 127 cm³/mol. The molecule has 0 aromatic carbocycles. The molecule has 4 rings (SSSR count). The predicted octanol–water partition coefficient (Wildman–Crippen LogP) is 5.28. The van der Waals surface area contributed by atoms with Crippen LogP contribution >= 0.6 is 23.1 Å². The first kappa shape index (κ1) is 22.6. The summed E-state index contributed by atoms with van der Waals surface area (Å²) in [6.07, 6.45) is 5.69. The topological polar surface area (TPSA) is 96.7 Å². The van der Waals surface area contributed by atoms with Crippen LogP contribution in [0.5, 0.6) is 0 Å². The van der Waals surface area contributed by atoms with Crippen LogP contribution in [0, 0.1) is 22.7 Å². The average molecular weight is 470 g/mol. The molecule has 32 heavy (non-hydrogen) atoms.